The van der Waals surface area contributed by atoms with Crippen molar-refractivity contribution in [3.05, 3.63) is 54.1 Å². The van der Waals surface area contributed by atoms with Crippen molar-refractivity contribution in [1.82, 2.24) is 19.7 Å². The molecule has 5 nitrogen and oxygen atoms in total. The summed E-state index contributed by atoms with van der Waals surface area (Å²) in [4.78, 5) is 19.8. The lowest BCUT2D eigenvalue weighted by Gasteiger charge is -2.08. The second-order valence-corrected chi connectivity index (χ2v) is 4.80. The Balaban J connectivity index is 2.07. The van der Waals surface area contributed by atoms with Crippen molar-refractivity contribution < 1.29 is 18.0 Å². The predicted molar refractivity (Wildman–Crippen MR) is 76.8 cm³/mol. The molecule has 3 aromatic rings. The summed E-state index contributed by atoms with van der Waals surface area (Å²) in [5.41, 5.74) is 1.09. The Morgan fingerprint density at radius 2 is 1.83 bits per heavy atom. The van der Waals surface area contributed by atoms with E-state index in [1.807, 2.05) is 0 Å². The zero-order chi connectivity index (χ0) is 16.6. The molecule has 0 aliphatic rings. The fourth-order valence-electron chi connectivity index (χ4n) is 2.18. The van der Waals surface area contributed by atoms with E-state index in [0.717, 1.165) is 12.1 Å². The molecule has 0 saturated heterocycles. The van der Waals surface area contributed by atoms with Gasteiger partial charge in [0.2, 0.25) is 0 Å². The van der Waals surface area contributed by atoms with Crippen molar-refractivity contribution in [2.45, 2.75) is 6.18 Å². The lowest BCUT2D eigenvalue weighted by Crippen LogP contribution is -2.19. The smallest absolute Gasteiger partial charge is 0.354 e. The van der Waals surface area contributed by atoms with Crippen LogP contribution in [0.4, 0.5) is 13.2 Å². The minimum absolute atomic E-state index is 0.186. The summed E-state index contributed by atoms with van der Waals surface area (Å²) in [6.07, 6.45) is 0.0634. The summed E-state index contributed by atoms with van der Waals surface area (Å²) in [6, 6.07) is 4.75. The minimum atomic E-state index is -4.38. The molecule has 118 valence electrons. The number of amides is 1. The number of alkyl halides is 3. The van der Waals surface area contributed by atoms with Gasteiger partial charge >= 0.3 is 6.18 Å². The Labute approximate surface area is 128 Å². The van der Waals surface area contributed by atoms with E-state index in [0.29, 0.717) is 16.9 Å². The summed E-state index contributed by atoms with van der Waals surface area (Å²) in [5.74, 6) is -0.362. The van der Waals surface area contributed by atoms with Gasteiger partial charge in [-0.05, 0) is 12.1 Å². The molecule has 0 aliphatic heterocycles. The predicted octanol–water partition coefficient (Wildman–Crippen LogP) is 2.77. The fraction of sp³-hybridized carbons (Fsp3) is 0.133. The Bertz CT molecular complexity index is 869. The molecule has 1 N–H and O–H groups in total. The minimum Gasteiger partial charge on any atom is -0.354 e. The third-order valence-electron chi connectivity index (χ3n) is 3.36. The number of hydrogen-bond donors (Lipinski definition) is 1. The Hall–Kier alpha value is -2.90. The lowest BCUT2D eigenvalue weighted by atomic mass is 10.1. The van der Waals surface area contributed by atoms with E-state index < -0.39 is 11.7 Å². The first-order valence-electron chi connectivity index (χ1n) is 6.63. The normalized spacial score (nSPS) is 11.7. The van der Waals surface area contributed by atoms with Crippen LogP contribution >= 0.6 is 0 Å². The van der Waals surface area contributed by atoms with E-state index in [-0.39, 0.29) is 11.6 Å². The first kappa shape index (κ1) is 15.0. The molecule has 0 fully saturated rings. The molecular formula is C15H11F3N4O. The second-order valence-electron chi connectivity index (χ2n) is 4.80. The fourth-order valence-corrected chi connectivity index (χ4v) is 2.18. The first-order valence-corrected chi connectivity index (χ1v) is 6.63. The highest BCUT2D eigenvalue weighted by Crippen LogP contribution is 2.31. The number of aromatic nitrogens is 3. The van der Waals surface area contributed by atoms with Crippen molar-refractivity contribution in [3.8, 4) is 11.3 Å². The summed E-state index contributed by atoms with van der Waals surface area (Å²) in [7, 11) is 1.49. The highest BCUT2D eigenvalue weighted by Gasteiger charge is 2.30. The van der Waals surface area contributed by atoms with E-state index in [2.05, 4.69) is 15.3 Å². The van der Waals surface area contributed by atoms with Crippen LogP contribution in [0.15, 0.2) is 42.9 Å². The molecule has 0 radical (unpaired) electrons. The molecule has 0 aliphatic carbocycles. The van der Waals surface area contributed by atoms with Crippen LogP contribution in [0.3, 0.4) is 0 Å². The lowest BCUT2D eigenvalue weighted by molar-refractivity contribution is -0.137. The van der Waals surface area contributed by atoms with Gasteiger partial charge in [-0.25, -0.2) is 9.97 Å². The topological polar surface area (TPSA) is 59.3 Å². The highest BCUT2D eigenvalue weighted by molar-refractivity contribution is 5.92. The maximum atomic E-state index is 12.6. The van der Waals surface area contributed by atoms with Gasteiger partial charge in [-0.2, -0.15) is 13.2 Å². The first-order chi connectivity index (χ1) is 10.9. The van der Waals surface area contributed by atoms with Crippen LogP contribution in [0.25, 0.3) is 16.9 Å². The Morgan fingerprint density at radius 3 is 2.43 bits per heavy atom. The van der Waals surface area contributed by atoms with Gasteiger partial charge < -0.3 is 5.32 Å². The van der Waals surface area contributed by atoms with Crippen molar-refractivity contribution in [2.24, 2.45) is 0 Å². The Kier molecular flexibility index (Phi) is 3.51. The molecule has 8 heteroatoms. The number of nitrogens with zero attached hydrogens (tertiary/aromatic N) is 3. The maximum Gasteiger partial charge on any atom is 0.416 e. The van der Waals surface area contributed by atoms with E-state index >= 15 is 0 Å². The van der Waals surface area contributed by atoms with Crippen molar-refractivity contribution >= 4 is 11.6 Å². The summed E-state index contributed by atoms with van der Waals surface area (Å²) in [5, 5.41) is 2.46. The number of nitrogens with one attached hydrogen (secondary N) is 1. The van der Waals surface area contributed by atoms with E-state index in [1.165, 1.54) is 37.8 Å². The average molecular weight is 320 g/mol. The molecular weight excluding hydrogens is 309 g/mol. The quantitative estimate of drug-likeness (QED) is 0.790. The van der Waals surface area contributed by atoms with Crippen LogP contribution in [0.1, 0.15) is 16.1 Å². The number of imidazole rings is 1. The van der Waals surface area contributed by atoms with Gasteiger partial charge in [0, 0.05) is 18.8 Å². The third-order valence-corrected chi connectivity index (χ3v) is 3.36. The van der Waals surface area contributed by atoms with Crippen molar-refractivity contribution in [3.63, 3.8) is 0 Å². The van der Waals surface area contributed by atoms with E-state index in [1.54, 1.807) is 4.40 Å². The number of carbonyl (C=O) groups is 1. The third kappa shape index (κ3) is 2.75. The maximum absolute atomic E-state index is 12.6. The van der Waals surface area contributed by atoms with Gasteiger partial charge in [0.25, 0.3) is 5.91 Å². The molecule has 0 bridgehead atoms. The summed E-state index contributed by atoms with van der Waals surface area (Å²) >= 11 is 0. The van der Waals surface area contributed by atoms with Crippen LogP contribution in [-0.2, 0) is 6.18 Å². The number of hydrogen-bond acceptors (Lipinski definition) is 3. The van der Waals surface area contributed by atoms with Crippen LogP contribution in [-0.4, -0.2) is 27.3 Å². The summed E-state index contributed by atoms with van der Waals surface area (Å²) in [6.45, 7) is 0. The average Bonchev–Trinajstić information content (AvgIpc) is 2.96. The van der Waals surface area contributed by atoms with Crippen LogP contribution in [0.5, 0.6) is 0 Å². The van der Waals surface area contributed by atoms with Gasteiger partial charge in [0.05, 0.1) is 23.7 Å². The van der Waals surface area contributed by atoms with E-state index in [9.17, 15) is 18.0 Å². The van der Waals surface area contributed by atoms with Gasteiger partial charge in [-0.15, -0.1) is 0 Å². The second kappa shape index (κ2) is 5.38. The summed E-state index contributed by atoms with van der Waals surface area (Å²) < 4.78 is 39.5. The van der Waals surface area contributed by atoms with Gasteiger partial charge in [-0.3, -0.25) is 9.20 Å². The van der Waals surface area contributed by atoms with Crippen LogP contribution in [0.2, 0.25) is 0 Å². The van der Waals surface area contributed by atoms with Gasteiger partial charge in [0.1, 0.15) is 5.69 Å². The van der Waals surface area contributed by atoms with Crippen LogP contribution < -0.4 is 5.32 Å². The zero-order valence-corrected chi connectivity index (χ0v) is 11.9. The molecule has 2 heterocycles. The Morgan fingerprint density at radius 1 is 1.13 bits per heavy atom. The molecule has 0 saturated carbocycles. The standard InChI is InChI=1S/C15H11F3N4O/c1-19-14(23)11-8-22-12(6-21-13(22)7-20-11)9-2-4-10(5-3-9)15(16,17)18/h2-8H,1H3,(H,19,23). The molecule has 0 atom stereocenters. The largest absolute Gasteiger partial charge is 0.416 e. The molecule has 1 aromatic carbocycles. The number of benzene rings is 1. The molecule has 1 amide bonds. The number of halogens is 3. The molecule has 0 spiro atoms. The monoisotopic (exact) mass is 320 g/mol. The SMILES string of the molecule is CNC(=O)c1cn2c(-c3ccc(C(F)(F)F)cc3)cnc2cn1. The molecule has 3 rings (SSSR count). The van der Waals surface area contributed by atoms with Crippen molar-refractivity contribution in [1.29, 1.82) is 0 Å². The zero-order valence-electron chi connectivity index (χ0n) is 11.9. The van der Waals surface area contributed by atoms with Gasteiger partial charge in [-0.1, -0.05) is 12.1 Å². The number of fused-ring (bicyclic) bond motifs is 1. The molecule has 2 aromatic heterocycles. The van der Waals surface area contributed by atoms with Crippen LogP contribution in [0, 0.1) is 0 Å². The number of rotatable bonds is 2. The van der Waals surface area contributed by atoms with Crippen molar-refractivity contribution in [2.75, 3.05) is 7.05 Å². The molecule has 23 heavy (non-hydrogen) atoms. The van der Waals surface area contributed by atoms with E-state index in [4.69, 9.17) is 0 Å². The molecule has 0 unspecified atom stereocenters. The van der Waals surface area contributed by atoms with Gasteiger partial charge in [0.15, 0.2) is 5.65 Å². The number of carbonyl (C=O) groups excluding carboxylic acids is 1. The highest BCUT2D eigenvalue weighted by atomic mass is 19.4.